The summed E-state index contributed by atoms with van der Waals surface area (Å²) in [5, 5.41) is 2.92. The first kappa shape index (κ1) is 14.2. The summed E-state index contributed by atoms with van der Waals surface area (Å²) in [5.74, 6) is 1.08. The number of hydrogen-bond acceptors (Lipinski definition) is 3. The van der Waals surface area contributed by atoms with Gasteiger partial charge in [-0.05, 0) is 5.56 Å². The number of methoxy groups -OCH3 is 2. The van der Waals surface area contributed by atoms with Crippen LogP contribution in [0.1, 0.15) is 11.1 Å². The molecule has 0 saturated carbocycles. The molecule has 1 aliphatic rings. The maximum absolute atomic E-state index is 12.8. The van der Waals surface area contributed by atoms with Crippen molar-refractivity contribution in [1.29, 1.82) is 0 Å². The molecule has 0 aromatic heterocycles. The largest absolute Gasteiger partial charge is 0.497 e. The highest BCUT2D eigenvalue weighted by Crippen LogP contribution is 2.49. The topological polar surface area (TPSA) is 47.6 Å². The summed E-state index contributed by atoms with van der Waals surface area (Å²) >= 11 is 0. The Morgan fingerprint density at radius 1 is 1.14 bits per heavy atom. The minimum Gasteiger partial charge on any atom is -0.497 e. The zero-order chi connectivity index (χ0) is 15.7. The molecule has 0 fully saturated rings. The second-order valence-electron chi connectivity index (χ2n) is 5.08. The van der Waals surface area contributed by atoms with Gasteiger partial charge in [-0.25, -0.2) is 0 Å². The lowest BCUT2D eigenvalue weighted by molar-refractivity contribution is -0.118. The highest BCUT2D eigenvalue weighted by molar-refractivity contribution is 6.11. The van der Waals surface area contributed by atoms with Crippen LogP contribution in [0.3, 0.4) is 0 Å². The van der Waals surface area contributed by atoms with Crippen LogP contribution in [-0.4, -0.2) is 20.1 Å². The van der Waals surface area contributed by atoms with Crippen molar-refractivity contribution in [3.63, 3.8) is 0 Å². The van der Waals surface area contributed by atoms with Crippen LogP contribution < -0.4 is 14.8 Å². The molecule has 0 bridgehead atoms. The number of hydrogen-bond donors (Lipinski definition) is 1. The van der Waals surface area contributed by atoms with Gasteiger partial charge in [0.15, 0.2) is 0 Å². The standard InChI is InChI=1S/C18H17NO3/c1-4-18(12-8-6-5-7-9-12)16-14(19-17(18)20)10-13(21-2)11-15(16)22-3/h4-11H,1H2,2-3H3,(H,19,20). The molecule has 1 aliphatic heterocycles. The van der Waals surface area contributed by atoms with Gasteiger partial charge in [0.2, 0.25) is 5.91 Å². The molecule has 4 nitrogen and oxygen atoms in total. The minimum absolute atomic E-state index is 0.143. The zero-order valence-electron chi connectivity index (χ0n) is 12.6. The van der Waals surface area contributed by atoms with E-state index in [1.54, 1.807) is 32.4 Å². The summed E-state index contributed by atoms with van der Waals surface area (Å²) in [6.07, 6.45) is 1.67. The first-order valence-corrected chi connectivity index (χ1v) is 6.94. The van der Waals surface area contributed by atoms with Gasteiger partial charge in [0, 0.05) is 17.7 Å². The number of nitrogens with one attached hydrogen (secondary N) is 1. The SMILES string of the molecule is C=CC1(c2ccccc2)C(=O)Nc2cc(OC)cc(OC)c21. The van der Waals surface area contributed by atoms with Crippen LogP contribution in [-0.2, 0) is 10.2 Å². The third kappa shape index (κ3) is 1.80. The summed E-state index contributed by atoms with van der Waals surface area (Å²) in [4.78, 5) is 12.8. The van der Waals surface area contributed by atoms with Gasteiger partial charge in [-0.15, -0.1) is 6.58 Å². The molecule has 1 N–H and O–H groups in total. The fourth-order valence-corrected chi connectivity index (χ4v) is 3.00. The molecule has 0 saturated heterocycles. The number of benzene rings is 2. The van der Waals surface area contributed by atoms with Crippen LogP contribution in [0.15, 0.2) is 55.1 Å². The number of fused-ring (bicyclic) bond motifs is 1. The minimum atomic E-state index is -0.964. The van der Waals surface area contributed by atoms with E-state index in [1.807, 2.05) is 30.3 Å². The fourth-order valence-electron chi connectivity index (χ4n) is 3.00. The molecule has 112 valence electrons. The Morgan fingerprint density at radius 2 is 1.86 bits per heavy atom. The zero-order valence-corrected chi connectivity index (χ0v) is 12.6. The van der Waals surface area contributed by atoms with Crippen molar-refractivity contribution >= 4 is 11.6 Å². The molecule has 1 heterocycles. The van der Waals surface area contributed by atoms with E-state index in [1.165, 1.54) is 0 Å². The van der Waals surface area contributed by atoms with Gasteiger partial charge in [0.1, 0.15) is 16.9 Å². The van der Waals surface area contributed by atoms with Crippen LogP contribution in [0, 0.1) is 0 Å². The van der Waals surface area contributed by atoms with Crippen LogP contribution in [0.25, 0.3) is 0 Å². The number of rotatable bonds is 4. The van der Waals surface area contributed by atoms with E-state index in [0.717, 1.165) is 11.1 Å². The average molecular weight is 295 g/mol. The Bertz CT molecular complexity index is 739. The van der Waals surface area contributed by atoms with Crippen molar-refractivity contribution in [1.82, 2.24) is 0 Å². The predicted molar refractivity (Wildman–Crippen MR) is 85.6 cm³/mol. The van der Waals surface area contributed by atoms with Crippen LogP contribution in [0.5, 0.6) is 11.5 Å². The molecule has 22 heavy (non-hydrogen) atoms. The van der Waals surface area contributed by atoms with E-state index in [0.29, 0.717) is 17.2 Å². The number of ether oxygens (including phenoxy) is 2. The van der Waals surface area contributed by atoms with Crippen molar-refractivity contribution in [2.75, 3.05) is 19.5 Å². The number of anilines is 1. The van der Waals surface area contributed by atoms with E-state index in [2.05, 4.69) is 11.9 Å². The molecule has 2 aromatic rings. The quantitative estimate of drug-likeness (QED) is 0.882. The molecule has 2 aromatic carbocycles. The monoisotopic (exact) mass is 295 g/mol. The molecule has 1 amide bonds. The second-order valence-corrected chi connectivity index (χ2v) is 5.08. The lowest BCUT2D eigenvalue weighted by atomic mass is 9.75. The molecule has 0 spiro atoms. The Labute approximate surface area is 129 Å². The third-order valence-corrected chi connectivity index (χ3v) is 4.07. The van der Waals surface area contributed by atoms with Gasteiger partial charge in [0.05, 0.1) is 19.9 Å². The Balaban J connectivity index is 2.33. The van der Waals surface area contributed by atoms with Gasteiger partial charge >= 0.3 is 0 Å². The van der Waals surface area contributed by atoms with Crippen LogP contribution in [0.4, 0.5) is 5.69 Å². The summed E-state index contributed by atoms with van der Waals surface area (Å²) in [7, 11) is 3.16. The number of carbonyl (C=O) groups is 1. The van der Waals surface area contributed by atoms with Gasteiger partial charge in [-0.2, -0.15) is 0 Å². The molecular weight excluding hydrogens is 278 g/mol. The lowest BCUT2D eigenvalue weighted by Gasteiger charge is -2.25. The van der Waals surface area contributed by atoms with E-state index in [9.17, 15) is 4.79 Å². The summed E-state index contributed by atoms with van der Waals surface area (Å²) < 4.78 is 10.8. The summed E-state index contributed by atoms with van der Waals surface area (Å²) in [5.41, 5.74) is 1.34. The van der Waals surface area contributed by atoms with Gasteiger partial charge in [0.25, 0.3) is 0 Å². The highest BCUT2D eigenvalue weighted by atomic mass is 16.5. The Morgan fingerprint density at radius 3 is 2.45 bits per heavy atom. The van der Waals surface area contributed by atoms with Gasteiger partial charge < -0.3 is 14.8 Å². The smallest absolute Gasteiger partial charge is 0.243 e. The first-order chi connectivity index (χ1) is 10.7. The molecule has 1 atom stereocenters. The molecule has 4 heteroatoms. The van der Waals surface area contributed by atoms with Crippen molar-refractivity contribution in [2.45, 2.75) is 5.41 Å². The van der Waals surface area contributed by atoms with E-state index in [4.69, 9.17) is 9.47 Å². The van der Waals surface area contributed by atoms with Gasteiger partial charge in [-0.1, -0.05) is 36.4 Å². The predicted octanol–water partition coefficient (Wildman–Crippen LogP) is 3.13. The van der Waals surface area contributed by atoms with Gasteiger partial charge in [-0.3, -0.25) is 4.79 Å². The Hall–Kier alpha value is -2.75. The maximum Gasteiger partial charge on any atom is 0.243 e. The molecular formula is C18H17NO3. The number of carbonyl (C=O) groups excluding carboxylic acids is 1. The fraction of sp³-hybridized carbons (Fsp3) is 0.167. The molecule has 0 radical (unpaired) electrons. The van der Waals surface area contributed by atoms with Crippen LogP contribution >= 0.6 is 0 Å². The van der Waals surface area contributed by atoms with Crippen molar-refractivity contribution < 1.29 is 14.3 Å². The maximum atomic E-state index is 12.8. The molecule has 0 aliphatic carbocycles. The van der Waals surface area contributed by atoms with E-state index < -0.39 is 5.41 Å². The number of amides is 1. The molecule has 3 rings (SSSR count). The first-order valence-electron chi connectivity index (χ1n) is 6.94. The Kier molecular flexibility index (Phi) is 3.37. The molecule has 1 unspecified atom stereocenters. The summed E-state index contributed by atoms with van der Waals surface area (Å²) in [6.45, 7) is 3.91. The summed E-state index contributed by atoms with van der Waals surface area (Å²) in [6, 6.07) is 13.1. The van der Waals surface area contributed by atoms with Crippen molar-refractivity contribution in [3.8, 4) is 11.5 Å². The van der Waals surface area contributed by atoms with Crippen molar-refractivity contribution in [3.05, 3.63) is 66.2 Å². The highest BCUT2D eigenvalue weighted by Gasteiger charge is 2.48. The van der Waals surface area contributed by atoms with E-state index in [-0.39, 0.29) is 5.91 Å². The normalized spacial score (nSPS) is 19.3. The van der Waals surface area contributed by atoms with Crippen LogP contribution in [0.2, 0.25) is 0 Å². The lowest BCUT2D eigenvalue weighted by Crippen LogP contribution is -2.33. The third-order valence-electron chi connectivity index (χ3n) is 4.07. The average Bonchev–Trinajstić information content (AvgIpc) is 2.86. The second kappa shape index (κ2) is 5.22. The van der Waals surface area contributed by atoms with E-state index >= 15 is 0 Å². The van der Waals surface area contributed by atoms with Crippen molar-refractivity contribution in [2.24, 2.45) is 0 Å².